The van der Waals surface area contributed by atoms with E-state index in [2.05, 4.69) is 0 Å². The highest BCUT2D eigenvalue weighted by Crippen LogP contribution is 2.41. The molecule has 0 unspecified atom stereocenters. The van der Waals surface area contributed by atoms with E-state index >= 15 is 0 Å². The second-order valence-electron chi connectivity index (χ2n) is 8.04. The minimum absolute atomic E-state index is 0.175. The van der Waals surface area contributed by atoms with Crippen LogP contribution in [0.4, 0.5) is 15.8 Å². The van der Waals surface area contributed by atoms with Crippen molar-refractivity contribution < 1.29 is 22.7 Å². The van der Waals surface area contributed by atoms with Gasteiger partial charge in [-0.3, -0.25) is 0 Å². The summed E-state index contributed by atoms with van der Waals surface area (Å²) >= 11 is 0. The maximum Gasteiger partial charge on any atom is 0.338 e. The molecule has 2 aliphatic rings. The van der Waals surface area contributed by atoms with E-state index in [0.717, 1.165) is 49.9 Å². The van der Waals surface area contributed by atoms with Crippen molar-refractivity contribution in [2.45, 2.75) is 43.0 Å². The predicted molar refractivity (Wildman–Crippen MR) is 112 cm³/mol. The molecule has 0 amide bonds. The highest BCUT2D eigenvalue weighted by molar-refractivity contribution is 7.89. The average Bonchev–Trinajstić information content (AvgIpc) is 2.82. The highest BCUT2D eigenvalue weighted by atomic mass is 32.2. The van der Waals surface area contributed by atoms with Crippen molar-refractivity contribution in [3.8, 4) is 0 Å². The van der Waals surface area contributed by atoms with Gasteiger partial charge in [-0.15, -0.1) is 0 Å². The van der Waals surface area contributed by atoms with E-state index in [1.54, 1.807) is 7.05 Å². The predicted octanol–water partition coefficient (Wildman–Crippen LogP) is 4.25. The minimum Gasteiger partial charge on any atom is -0.478 e. The van der Waals surface area contributed by atoms with Crippen LogP contribution in [-0.2, 0) is 10.0 Å². The molecule has 4 rings (SSSR count). The summed E-state index contributed by atoms with van der Waals surface area (Å²) in [6, 6.07) is 11.0. The molecule has 1 aliphatic heterocycles. The molecule has 1 atom stereocenters. The number of rotatable bonds is 3. The molecule has 1 heterocycles. The number of fused-ring (bicyclic) bond motifs is 1. The van der Waals surface area contributed by atoms with Crippen LogP contribution in [0.2, 0.25) is 0 Å². The first kappa shape index (κ1) is 20.8. The summed E-state index contributed by atoms with van der Waals surface area (Å²) < 4.78 is 43.1. The topological polar surface area (TPSA) is 77.9 Å². The van der Waals surface area contributed by atoms with Crippen molar-refractivity contribution in [3.63, 3.8) is 0 Å². The van der Waals surface area contributed by atoms with Crippen LogP contribution in [0.5, 0.6) is 0 Å². The van der Waals surface area contributed by atoms with E-state index in [4.69, 9.17) is 0 Å². The molecule has 0 aromatic heterocycles. The quantitative estimate of drug-likeness (QED) is 0.785. The number of carbonyl (C=O) groups is 1. The Morgan fingerprint density at radius 2 is 1.77 bits per heavy atom. The molecule has 0 spiro atoms. The molecule has 6 nitrogen and oxygen atoms in total. The Hall–Kier alpha value is -2.45. The summed E-state index contributed by atoms with van der Waals surface area (Å²) in [4.78, 5) is 13.1. The second-order valence-corrected chi connectivity index (χ2v) is 10.0. The summed E-state index contributed by atoms with van der Waals surface area (Å²) in [5.41, 5.74) is 0.274. The number of hydrogen-bond acceptors (Lipinski definition) is 4. The van der Waals surface area contributed by atoms with Crippen LogP contribution in [0, 0.1) is 11.7 Å². The monoisotopic (exact) mass is 432 g/mol. The normalized spacial score (nSPS) is 22.3. The number of halogens is 1. The highest BCUT2D eigenvalue weighted by Gasteiger charge is 2.41. The van der Waals surface area contributed by atoms with E-state index in [9.17, 15) is 22.7 Å². The zero-order chi connectivity index (χ0) is 21.5. The zero-order valence-corrected chi connectivity index (χ0v) is 17.6. The van der Waals surface area contributed by atoms with Gasteiger partial charge in [0.2, 0.25) is 10.0 Å². The van der Waals surface area contributed by atoms with Gasteiger partial charge >= 0.3 is 5.97 Å². The summed E-state index contributed by atoms with van der Waals surface area (Å²) in [6.45, 7) is 0.378. The van der Waals surface area contributed by atoms with Crippen molar-refractivity contribution in [1.29, 1.82) is 0 Å². The number of hydrogen-bond donors (Lipinski definition) is 1. The molecule has 1 saturated carbocycles. The van der Waals surface area contributed by atoms with Gasteiger partial charge < -0.3 is 10.0 Å². The van der Waals surface area contributed by atoms with Gasteiger partial charge in [0.1, 0.15) is 10.7 Å². The van der Waals surface area contributed by atoms with Crippen LogP contribution in [0.1, 0.15) is 42.5 Å². The lowest BCUT2D eigenvalue weighted by Crippen LogP contribution is -2.46. The lowest BCUT2D eigenvalue weighted by molar-refractivity contribution is 0.0691. The maximum absolute atomic E-state index is 14.6. The Balaban J connectivity index is 1.93. The number of sulfonamides is 1. The van der Waals surface area contributed by atoms with E-state index in [1.807, 2.05) is 35.2 Å². The summed E-state index contributed by atoms with van der Waals surface area (Å²) in [6.07, 6.45) is 5.15. The van der Waals surface area contributed by atoms with Crippen molar-refractivity contribution in [2.75, 3.05) is 18.5 Å². The molecule has 0 saturated heterocycles. The molecule has 0 bridgehead atoms. The van der Waals surface area contributed by atoms with Crippen molar-refractivity contribution >= 4 is 27.4 Å². The van der Waals surface area contributed by atoms with Crippen molar-refractivity contribution in [2.24, 2.45) is 5.92 Å². The SMILES string of the molecule is CN1[C@H](C2CCCCC2)CN(c2ccccc2)c2cc(F)c(C(=O)O)cc2S1(=O)=O. The van der Waals surface area contributed by atoms with E-state index < -0.39 is 27.4 Å². The standard InChI is InChI=1S/C22H25FN2O4S/c1-24-20(15-8-4-2-5-9-15)14-25(16-10-6-3-7-11-16)19-13-18(23)17(22(26)27)12-21(19)30(24,28)29/h3,6-7,10-13,15,20H,2,4-5,8-9,14H2,1H3,(H,26,27)/t20-/m0/s1. The molecule has 160 valence electrons. The molecule has 2 aromatic carbocycles. The number of likely N-dealkylation sites (N-methyl/N-ethyl adjacent to an activating group) is 1. The lowest BCUT2D eigenvalue weighted by atomic mass is 9.83. The summed E-state index contributed by atoms with van der Waals surface area (Å²) in [7, 11) is -2.46. The van der Waals surface area contributed by atoms with Gasteiger partial charge in [-0.2, -0.15) is 4.31 Å². The van der Waals surface area contributed by atoms with Gasteiger partial charge in [0.15, 0.2) is 0 Å². The Morgan fingerprint density at radius 3 is 2.40 bits per heavy atom. The number of carboxylic acid groups (broad SMARTS) is 1. The van der Waals surface area contributed by atoms with Gasteiger partial charge in [-0.05, 0) is 43.0 Å². The minimum atomic E-state index is -4.01. The molecule has 8 heteroatoms. The zero-order valence-electron chi connectivity index (χ0n) is 16.8. The summed E-state index contributed by atoms with van der Waals surface area (Å²) in [5, 5.41) is 9.35. The summed E-state index contributed by atoms with van der Waals surface area (Å²) in [5.74, 6) is -2.24. The maximum atomic E-state index is 14.6. The van der Waals surface area contributed by atoms with Crippen LogP contribution < -0.4 is 4.90 Å². The van der Waals surface area contributed by atoms with Crippen LogP contribution in [0.15, 0.2) is 47.4 Å². The van der Waals surface area contributed by atoms with Crippen LogP contribution >= 0.6 is 0 Å². The third-order valence-electron chi connectivity index (χ3n) is 6.33. The third kappa shape index (κ3) is 3.58. The smallest absolute Gasteiger partial charge is 0.338 e. The largest absolute Gasteiger partial charge is 0.478 e. The fourth-order valence-corrected chi connectivity index (χ4v) is 6.28. The van der Waals surface area contributed by atoms with Gasteiger partial charge in [0.25, 0.3) is 0 Å². The van der Waals surface area contributed by atoms with Crippen LogP contribution in [-0.4, -0.2) is 43.4 Å². The fraction of sp³-hybridized carbons (Fsp3) is 0.409. The number of benzene rings is 2. The van der Waals surface area contributed by atoms with Crippen molar-refractivity contribution in [1.82, 2.24) is 4.31 Å². The first-order valence-electron chi connectivity index (χ1n) is 10.2. The second kappa shape index (κ2) is 8.00. The molecule has 1 aliphatic carbocycles. The fourth-order valence-electron chi connectivity index (χ4n) is 4.68. The molecular weight excluding hydrogens is 407 g/mol. The molecule has 30 heavy (non-hydrogen) atoms. The van der Waals surface area contributed by atoms with Crippen LogP contribution in [0.3, 0.4) is 0 Å². The Morgan fingerprint density at radius 1 is 1.10 bits per heavy atom. The van der Waals surface area contributed by atoms with E-state index in [-0.39, 0.29) is 22.5 Å². The van der Waals surface area contributed by atoms with Gasteiger partial charge in [0.05, 0.1) is 11.3 Å². The van der Waals surface area contributed by atoms with Crippen molar-refractivity contribution in [3.05, 3.63) is 53.8 Å². The number of para-hydroxylation sites is 1. The molecule has 1 fully saturated rings. The average molecular weight is 433 g/mol. The third-order valence-corrected chi connectivity index (χ3v) is 8.24. The molecular formula is C22H25FN2O4S. The molecule has 2 aromatic rings. The Kier molecular flexibility index (Phi) is 5.55. The van der Waals surface area contributed by atoms with Gasteiger partial charge in [-0.1, -0.05) is 37.5 Å². The Labute approximate surface area is 176 Å². The number of anilines is 2. The molecule has 1 N–H and O–H groups in total. The molecule has 0 radical (unpaired) electrons. The van der Waals surface area contributed by atoms with Crippen LogP contribution in [0.25, 0.3) is 0 Å². The van der Waals surface area contributed by atoms with Gasteiger partial charge in [0, 0.05) is 25.3 Å². The number of carboxylic acids is 1. The lowest BCUT2D eigenvalue weighted by Gasteiger charge is -2.36. The van der Waals surface area contributed by atoms with E-state index in [1.165, 1.54) is 4.31 Å². The van der Waals surface area contributed by atoms with Gasteiger partial charge in [-0.25, -0.2) is 17.6 Å². The first-order valence-corrected chi connectivity index (χ1v) is 11.6. The number of aromatic carboxylic acids is 1. The number of nitrogens with zero attached hydrogens (tertiary/aromatic N) is 2. The van der Waals surface area contributed by atoms with E-state index in [0.29, 0.717) is 6.54 Å². The first-order chi connectivity index (χ1) is 14.3. The Bertz CT molecular complexity index is 1050.